The molecule has 2 aliphatic carbocycles. The van der Waals surface area contributed by atoms with Crippen LogP contribution < -0.4 is 0 Å². The van der Waals surface area contributed by atoms with Gasteiger partial charge in [-0.25, -0.2) is 0 Å². The van der Waals surface area contributed by atoms with Crippen LogP contribution in [0.3, 0.4) is 0 Å². The first-order valence-electron chi connectivity index (χ1n) is 5.98. The average Bonchev–Trinajstić information content (AvgIpc) is 2.78. The zero-order chi connectivity index (χ0) is 10.9. The molecule has 2 fully saturated rings. The summed E-state index contributed by atoms with van der Waals surface area (Å²) >= 11 is 0. The van der Waals surface area contributed by atoms with Crippen molar-refractivity contribution >= 4 is 5.97 Å². The molecule has 86 valence electrons. The Bertz CT molecular complexity index is 241. The Kier molecular flexibility index (Phi) is 3.01. The molecule has 0 aliphatic heterocycles. The number of hydrogen-bond acceptors (Lipinski definition) is 2. The van der Waals surface area contributed by atoms with E-state index in [1.54, 1.807) is 0 Å². The second-order valence-corrected chi connectivity index (χ2v) is 5.06. The number of ether oxygens (including phenoxy) is 1. The first-order valence-corrected chi connectivity index (χ1v) is 5.98. The lowest BCUT2D eigenvalue weighted by Gasteiger charge is -2.32. The molecule has 3 heteroatoms. The van der Waals surface area contributed by atoms with Crippen molar-refractivity contribution < 1.29 is 14.6 Å². The maximum absolute atomic E-state index is 11.3. The highest BCUT2D eigenvalue weighted by molar-refractivity contribution is 5.71. The minimum Gasteiger partial charge on any atom is -0.481 e. The minimum absolute atomic E-state index is 0.0751. The number of rotatable bonds is 5. The summed E-state index contributed by atoms with van der Waals surface area (Å²) in [6.45, 7) is 2.94. The van der Waals surface area contributed by atoms with Gasteiger partial charge in [-0.15, -0.1) is 0 Å². The van der Waals surface area contributed by atoms with Crippen molar-refractivity contribution in [3.63, 3.8) is 0 Å². The fraction of sp³-hybridized carbons (Fsp3) is 0.917. The van der Waals surface area contributed by atoms with Crippen LogP contribution in [0, 0.1) is 17.3 Å². The quantitative estimate of drug-likeness (QED) is 0.760. The van der Waals surface area contributed by atoms with Crippen LogP contribution in [0.5, 0.6) is 0 Å². The number of fused-ring (bicyclic) bond motifs is 2. The summed E-state index contributed by atoms with van der Waals surface area (Å²) in [5.74, 6) is -0.135. The monoisotopic (exact) mass is 212 g/mol. The van der Waals surface area contributed by atoms with E-state index in [4.69, 9.17) is 4.74 Å². The molecule has 1 unspecified atom stereocenters. The third-order valence-electron chi connectivity index (χ3n) is 4.32. The van der Waals surface area contributed by atoms with E-state index in [0.717, 1.165) is 25.2 Å². The second-order valence-electron chi connectivity index (χ2n) is 5.06. The summed E-state index contributed by atoms with van der Waals surface area (Å²) < 4.78 is 5.33. The van der Waals surface area contributed by atoms with Gasteiger partial charge in [-0.05, 0) is 50.4 Å². The summed E-state index contributed by atoms with van der Waals surface area (Å²) in [7, 11) is 0. The molecule has 1 atom stereocenters. The molecule has 0 heterocycles. The summed E-state index contributed by atoms with van der Waals surface area (Å²) in [6, 6.07) is 0. The van der Waals surface area contributed by atoms with E-state index in [1.165, 1.54) is 12.8 Å². The van der Waals surface area contributed by atoms with Crippen LogP contribution in [-0.2, 0) is 9.53 Å². The normalized spacial score (nSPS) is 35.7. The Morgan fingerprint density at radius 3 is 2.60 bits per heavy atom. The van der Waals surface area contributed by atoms with Crippen LogP contribution in [0.15, 0.2) is 0 Å². The third kappa shape index (κ3) is 1.89. The molecule has 1 N–H and O–H groups in total. The molecule has 0 radical (unpaired) electrons. The highest BCUT2D eigenvalue weighted by Gasteiger charge is 2.52. The van der Waals surface area contributed by atoms with Crippen molar-refractivity contribution in [2.45, 2.75) is 39.0 Å². The van der Waals surface area contributed by atoms with Gasteiger partial charge in [-0.2, -0.15) is 0 Å². The van der Waals surface area contributed by atoms with Crippen molar-refractivity contribution in [1.82, 2.24) is 0 Å². The molecular formula is C12H20O3. The highest BCUT2D eigenvalue weighted by atomic mass is 16.5. The second kappa shape index (κ2) is 4.12. The number of aliphatic carboxylic acids is 1. The van der Waals surface area contributed by atoms with E-state index in [-0.39, 0.29) is 11.3 Å². The first kappa shape index (κ1) is 10.9. The van der Waals surface area contributed by atoms with E-state index in [2.05, 4.69) is 0 Å². The summed E-state index contributed by atoms with van der Waals surface area (Å²) in [4.78, 5) is 11.3. The van der Waals surface area contributed by atoms with Gasteiger partial charge in [0, 0.05) is 6.61 Å². The Morgan fingerprint density at radius 2 is 2.20 bits per heavy atom. The van der Waals surface area contributed by atoms with E-state index >= 15 is 0 Å². The number of carbonyl (C=O) groups is 1. The molecule has 0 amide bonds. The molecule has 15 heavy (non-hydrogen) atoms. The Balaban J connectivity index is 2.06. The van der Waals surface area contributed by atoms with Gasteiger partial charge in [0.25, 0.3) is 0 Å². The van der Waals surface area contributed by atoms with Gasteiger partial charge in [0.1, 0.15) is 0 Å². The van der Waals surface area contributed by atoms with Gasteiger partial charge in [-0.3, -0.25) is 4.79 Å². The van der Waals surface area contributed by atoms with E-state index in [0.29, 0.717) is 13.2 Å². The van der Waals surface area contributed by atoms with Crippen LogP contribution in [0.25, 0.3) is 0 Å². The van der Waals surface area contributed by atoms with Crippen molar-refractivity contribution in [2.24, 2.45) is 17.3 Å². The minimum atomic E-state index is -0.661. The molecule has 0 aromatic rings. The zero-order valence-electron chi connectivity index (χ0n) is 9.37. The molecule has 0 saturated heterocycles. The standard InChI is InChI=1S/C12H20O3/c1-2-15-8-10(11(13)14)12-5-3-9(7-12)4-6-12/h9-10H,2-8H2,1H3,(H,13,14). The predicted octanol–water partition coefficient (Wildman–Crippen LogP) is 2.30. The van der Waals surface area contributed by atoms with Gasteiger partial charge in [0.2, 0.25) is 0 Å². The molecular weight excluding hydrogens is 192 g/mol. The lowest BCUT2D eigenvalue weighted by molar-refractivity contribution is -0.149. The van der Waals surface area contributed by atoms with Crippen LogP contribution in [-0.4, -0.2) is 24.3 Å². The van der Waals surface area contributed by atoms with E-state index in [1.807, 2.05) is 6.92 Å². The van der Waals surface area contributed by atoms with Crippen LogP contribution in [0.4, 0.5) is 0 Å². The summed E-state index contributed by atoms with van der Waals surface area (Å²) in [5, 5.41) is 9.30. The van der Waals surface area contributed by atoms with Gasteiger partial charge in [-0.1, -0.05) is 0 Å². The largest absolute Gasteiger partial charge is 0.481 e. The fourth-order valence-corrected chi connectivity index (χ4v) is 3.47. The zero-order valence-corrected chi connectivity index (χ0v) is 9.37. The van der Waals surface area contributed by atoms with Gasteiger partial charge >= 0.3 is 5.97 Å². The SMILES string of the molecule is CCOCC(C(=O)O)C12CCC(CC1)C2. The molecule has 3 nitrogen and oxygen atoms in total. The average molecular weight is 212 g/mol. The number of carboxylic acids is 1. The molecule has 2 rings (SSSR count). The smallest absolute Gasteiger partial charge is 0.309 e. The van der Waals surface area contributed by atoms with Gasteiger partial charge in [0.15, 0.2) is 0 Å². The van der Waals surface area contributed by atoms with Crippen molar-refractivity contribution in [2.75, 3.05) is 13.2 Å². The fourth-order valence-electron chi connectivity index (χ4n) is 3.47. The number of hydrogen-bond donors (Lipinski definition) is 1. The van der Waals surface area contributed by atoms with E-state index in [9.17, 15) is 9.90 Å². The first-order chi connectivity index (χ1) is 7.18. The van der Waals surface area contributed by atoms with Crippen LogP contribution in [0.2, 0.25) is 0 Å². The molecule has 0 aromatic carbocycles. The molecule has 2 saturated carbocycles. The van der Waals surface area contributed by atoms with E-state index < -0.39 is 5.97 Å². The van der Waals surface area contributed by atoms with Crippen molar-refractivity contribution in [1.29, 1.82) is 0 Å². The Hall–Kier alpha value is -0.570. The third-order valence-corrected chi connectivity index (χ3v) is 4.32. The van der Waals surface area contributed by atoms with Crippen LogP contribution >= 0.6 is 0 Å². The maximum Gasteiger partial charge on any atom is 0.309 e. The maximum atomic E-state index is 11.3. The van der Waals surface area contributed by atoms with Crippen molar-refractivity contribution in [3.8, 4) is 0 Å². The summed E-state index contributed by atoms with van der Waals surface area (Å²) in [5.41, 5.74) is 0.0751. The molecule has 0 aromatic heterocycles. The summed E-state index contributed by atoms with van der Waals surface area (Å²) in [6.07, 6.45) is 5.78. The lowest BCUT2D eigenvalue weighted by atomic mass is 9.73. The molecule has 2 bridgehead atoms. The van der Waals surface area contributed by atoms with Gasteiger partial charge < -0.3 is 9.84 Å². The van der Waals surface area contributed by atoms with Crippen LogP contribution in [0.1, 0.15) is 39.0 Å². The number of carboxylic acid groups (broad SMARTS) is 1. The van der Waals surface area contributed by atoms with Crippen molar-refractivity contribution in [3.05, 3.63) is 0 Å². The Morgan fingerprint density at radius 1 is 1.53 bits per heavy atom. The van der Waals surface area contributed by atoms with Gasteiger partial charge in [0.05, 0.1) is 12.5 Å². The highest BCUT2D eigenvalue weighted by Crippen LogP contribution is 2.58. The lowest BCUT2D eigenvalue weighted by Crippen LogP contribution is -2.36. The molecule has 0 spiro atoms. The molecule has 2 aliphatic rings. The predicted molar refractivity (Wildman–Crippen MR) is 56.6 cm³/mol. The topological polar surface area (TPSA) is 46.5 Å². The Labute approximate surface area is 90.8 Å².